The van der Waals surface area contributed by atoms with E-state index in [1.807, 2.05) is 36.4 Å². The molecule has 0 unspecified atom stereocenters. The van der Waals surface area contributed by atoms with Crippen LogP contribution < -0.4 is 4.87 Å². The maximum Gasteiger partial charge on any atom is 0.310 e. The highest BCUT2D eigenvalue weighted by molar-refractivity contribution is 7.16. The van der Waals surface area contributed by atoms with Crippen LogP contribution in [0.3, 0.4) is 0 Å². The first-order chi connectivity index (χ1) is 16.0. The van der Waals surface area contributed by atoms with Crippen molar-refractivity contribution in [3.63, 3.8) is 0 Å². The van der Waals surface area contributed by atoms with Gasteiger partial charge in [-0.3, -0.25) is 23.9 Å². The molecule has 0 spiro atoms. The second kappa shape index (κ2) is 11.0. The van der Waals surface area contributed by atoms with Gasteiger partial charge in [-0.05, 0) is 30.2 Å². The molecule has 1 aromatic heterocycles. The van der Waals surface area contributed by atoms with Crippen LogP contribution >= 0.6 is 22.9 Å². The molecule has 2 aromatic carbocycles. The number of amides is 1. The Hall–Kier alpha value is -2.68. The average Bonchev–Trinajstić information content (AvgIpc) is 3.12. The summed E-state index contributed by atoms with van der Waals surface area (Å²) in [4.78, 5) is 41.0. The number of benzene rings is 2. The maximum absolute atomic E-state index is 12.8. The Morgan fingerprint density at radius 2 is 1.79 bits per heavy atom. The summed E-state index contributed by atoms with van der Waals surface area (Å²) in [6, 6.07) is 14.8. The van der Waals surface area contributed by atoms with Gasteiger partial charge in [0, 0.05) is 37.7 Å². The predicted molar refractivity (Wildman–Crippen MR) is 130 cm³/mol. The van der Waals surface area contributed by atoms with Crippen molar-refractivity contribution in [2.75, 3.05) is 39.3 Å². The summed E-state index contributed by atoms with van der Waals surface area (Å²) in [5, 5.41) is 0.542. The largest absolute Gasteiger partial charge is 0.465 e. The Balaban J connectivity index is 1.18. The molecule has 0 N–H and O–H groups in total. The molecule has 2 heterocycles. The van der Waals surface area contributed by atoms with Gasteiger partial charge in [0.25, 0.3) is 0 Å². The third-order valence-corrected chi connectivity index (χ3v) is 6.92. The monoisotopic (exact) mass is 487 g/mol. The van der Waals surface area contributed by atoms with Gasteiger partial charge in [0.1, 0.15) is 6.54 Å². The van der Waals surface area contributed by atoms with Gasteiger partial charge in [-0.15, -0.1) is 0 Å². The van der Waals surface area contributed by atoms with Crippen molar-refractivity contribution in [2.45, 2.75) is 19.4 Å². The fraction of sp³-hybridized carbons (Fsp3) is 0.375. The number of piperazine rings is 1. The van der Waals surface area contributed by atoms with Crippen LogP contribution in [0.15, 0.2) is 53.3 Å². The maximum atomic E-state index is 12.8. The Morgan fingerprint density at radius 1 is 1.03 bits per heavy atom. The molecule has 0 bridgehead atoms. The van der Waals surface area contributed by atoms with Gasteiger partial charge in [0.2, 0.25) is 5.91 Å². The van der Waals surface area contributed by atoms with Gasteiger partial charge in [0.05, 0.1) is 23.2 Å². The van der Waals surface area contributed by atoms with E-state index < -0.39 is 0 Å². The number of rotatable bonds is 8. The van der Waals surface area contributed by atoms with Gasteiger partial charge in [-0.25, -0.2) is 0 Å². The molecular formula is C24H26ClN3O4S. The number of carbonyl (C=O) groups excluding carboxylic acids is 2. The minimum Gasteiger partial charge on any atom is -0.465 e. The summed E-state index contributed by atoms with van der Waals surface area (Å²) in [6.07, 6.45) is 1.04. The van der Waals surface area contributed by atoms with Crippen LogP contribution in [0.5, 0.6) is 0 Å². The number of ether oxygens (including phenoxy) is 1. The number of halogens is 1. The number of aromatic nitrogens is 1. The van der Waals surface area contributed by atoms with E-state index >= 15 is 0 Å². The lowest BCUT2D eigenvalue weighted by Crippen LogP contribution is -2.50. The number of carbonyl (C=O) groups is 2. The highest BCUT2D eigenvalue weighted by atomic mass is 35.5. The summed E-state index contributed by atoms with van der Waals surface area (Å²) in [5.41, 5.74) is 1.65. The molecule has 174 valence electrons. The van der Waals surface area contributed by atoms with Crippen molar-refractivity contribution >= 4 is 45.0 Å². The quantitative estimate of drug-likeness (QED) is 0.361. The molecule has 0 aliphatic carbocycles. The van der Waals surface area contributed by atoms with Gasteiger partial charge in [0.15, 0.2) is 0 Å². The normalized spacial score (nSPS) is 14.5. The number of esters is 1. The fourth-order valence-corrected chi connectivity index (χ4v) is 4.97. The lowest BCUT2D eigenvalue weighted by Gasteiger charge is -2.34. The van der Waals surface area contributed by atoms with E-state index in [2.05, 4.69) is 4.90 Å². The average molecular weight is 488 g/mol. The molecule has 1 aliphatic heterocycles. The first kappa shape index (κ1) is 23.5. The fourth-order valence-electron chi connectivity index (χ4n) is 3.93. The number of hydrogen-bond donors (Lipinski definition) is 0. The van der Waals surface area contributed by atoms with Crippen molar-refractivity contribution in [1.29, 1.82) is 0 Å². The Bertz CT molecular complexity index is 1170. The van der Waals surface area contributed by atoms with Crippen molar-refractivity contribution in [3.05, 3.63) is 68.8 Å². The number of thiazole rings is 1. The molecule has 33 heavy (non-hydrogen) atoms. The van der Waals surface area contributed by atoms with Gasteiger partial charge in [-0.2, -0.15) is 0 Å². The molecule has 3 aromatic rings. The van der Waals surface area contributed by atoms with Gasteiger partial charge < -0.3 is 9.64 Å². The van der Waals surface area contributed by atoms with Crippen molar-refractivity contribution in [2.24, 2.45) is 0 Å². The number of fused-ring (bicyclic) bond motifs is 1. The zero-order valence-electron chi connectivity index (χ0n) is 18.2. The van der Waals surface area contributed by atoms with Crippen molar-refractivity contribution in [1.82, 2.24) is 14.4 Å². The van der Waals surface area contributed by atoms with Crippen molar-refractivity contribution in [3.8, 4) is 0 Å². The zero-order valence-corrected chi connectivity index (χ0v) is 19.8. The van der Waals surface area contributed by atoms with E-state index in [0.29, 0.717) is 30.2 Å². The summed E-state index contributed by atoms with van der Waals surface area (Å²) >= 11 is 7.19. The molecular weight excluding hydrogens is 462 g/mol. The minimum absolute atomic E-state index is 0.0243. The van der Waals surface area contributed by atoms with E-state index in [1.165, 1.54) is 4.57 Å². The van der Waals surface area contributed by atoms with E-state index in [0.717, 1.165) is 47.7 Å². The molecule has 7 nitrogen and oxygen atoms in total. The lowest BCUT2D eigenvalue weighted by atomic mass is 10.2. The molecule has 0 atom stereocenters. The van der Waals surface area contributed by atoms with E-state index in [4.69, 9.17) is 16.3 Å². The molecule has 0 saturated carbocycles. The summed E-state index contributed by atoms with van der Waals surface area (Å²) in [7, 11) is 0. The van der Waals surface area contributed by atoms with Crippen LogP contribution in [0, 0.1) is 0 Å². The smallest absolute Gasteiger partial charge is 0.310 e. The van der Waals surface area contributed by atoms with Crippen LogP contribution in [0.4, 0.5) is 0 Å². The lowest BCUT2D eigenvalue weighted by molar-refractivity contribution is -0.143. The summed E-state index contributed by atoms with van der Waals surface area (Å²) < 4.78 is 7.67. The predicted octanol–water partition coefficient (Wildman–Crippen LogP) is 3.04. The van der Waals surface area contributed by atoms with Crippen LogP contribution in [-0.2, 0) is 27.3 Å². The van der Waals surface area contributed by atoms with Crippen LogP contribution in [-0.4, -0.2) is 65.6 Å². The number of nitrogens with zero attached hydrogens (tertiary/aromatic N) is 3. The summed E-state index contributed by atoms with van der Waals surface area (Å²) in [5.74, 6) is -0.277. The highest BCUT2D eigenvalue weighted by Crippen LogP contribution is 2.21. The minimum atomic E-state index is -0.214. The van der Waals surface area contributed by atoms with Gasteiger partial charge in [-0.1, -0.05) is 53.3 Å². The molecule has 1 amide bonds. The van der Waals surface area contributed by atoms with Crippen LogP contribution in [0.2, 0.25) is 5.02 Å². The standard InChI is InChI=1S/C24H26ClN3O4S/c25-19-7-8-21-20(16-19)28(24(31)33-21)17-22(29)27-12-10-26(11-13-27)9-4-14-32-23(30)15-18-5-2-1-3-6-18/h1-3,5-8,16H,4,9-15,17H2. The third kappa shape index (κ3) is 6.22. The zero-order chi connectivity index (χ0) is 23.2. The van der Waals surface area contributed by atoms with Crippen molar-refractivity contribution < 1.29 is 14.3 Å². The third-order valence-electron chi connectivity index (χ3n) is 5.72. The second-order valence-corrected chi connectivity index (χ2v) is 9.45. The van der Waals surface area contributed by atoms with Crippen LogP contribution in [0.25, 0.3) is 10.2 Å². The Morgan fingerprint density at radius 3 is 2.55 bits per heavy atom. The topological polar surface area (TPSA) is 71.8 Å². The Labute approximate surface area is 201 Å². The van der Waals surface area contributed by atoms with E-state index in [9.17, 15) is 14.4 Å². The SMILES string of the molecule is O=C(Cc1ccccc1)OCCCN1CCN(C(=O)Cn2c(=O)sc3ccc(Cl)cc32)CC1. The number of hydrogen-bond acceptors (Lipinski definition) is 6. The highest BCUT2D eigenvalue weighted by Gasteiger charge is 2.22. The molecule has 1 aliphatic rings. The first-order valence-corrected chi connectivity index (χ1v) is 12.2. The Kier molecular flexibility index (Phi) is 7.80. The molecule has 0 radical (unpaired) electrons. The van der Waals surface area contributed by atoms with E-state index in [1.54, 1.807) is 17.0 Å². The second-order valence-electron chi connectivity index (χ2n) is 8.02. The summed E-state index contributed by atoms with van der Waals surface area (Å²) in [6.45, 7) is 3.98. The molecule has 4 rings (SSSR count). The molecule has 1 fully saturated rings. The first-order valence-electron chi connectivity index (χ1n) is 11.0. The molecule has 1 saturated heterocycles. The molecule has 9 heteroatoms. The van der Waals surface area contributed by atoms with E-state index in [-0.39, 0.29) is 29.7 Å². The van der Waals surface area contributed by atoms with Gasteiger partial charge >= 0.3 is 10.8 Å². The van der Waals surface area contributed by atoms with Crippen LogP contribution in [0.1, 0.15) is 12.0 Å².